The molecule has 0 aromatic heterocycles. The van der Waals surface area contributed by atoms with Crippen LogP contribution in [-0.4, -0.2) is 4.70 Å². The van der Waals surface area contributed by atoms with Gasteiger partial charge in [0.25, 0.3) is 0 Å². The maximum atomic E-state index is 11.9. The number of nitrogens with zero attached hydrogens (tertiary/aromatic N) is 2. The minimum atomic E-state index is 1.02. The molecule has 0 N–H and O–H groups in total. The molecular weight excluding hydrogens is 999 g/mol. The van der Waals surface area contributed by atoms with Crippen LogP contribution >= 0.6 is 0 Å². The molecule has 0 spiro atoms. The van der Waals surface area contributed by atoms with Crippen molar-refractivity contribution in [2.24, 2.45) is 0 Å². The summed E-state index contributed by atoms with van der Waals surface area (Å²) in [6, 6.07) is 17.9. The normalized spacial score (nSPS) is 12.7. The van der Waals surface area contributed by atoms with Crippen LogP contribution in [0.2, 0.25) is 9.79 Å². The first-order valence-electron chi connectivity index (χ1n) is 33.6. The third kappa shape index (κ3) is 35.4. The fraction of sp³-hybridized carbons (Fsp3) is 0.778. The molecule has 0 saturated carbocycles. The van der Waals surface area contributed by atoms with E-state index in [4.69, 9.17) is 0 Å². The van der Waals surface area contributed by atoms with E-state index in [9.17, 15) is 5.53 Å². The molecular formula is C72H126N2Pd. The topological polar surface area (TPSA) is 25.3 Å². The zero-order chi connectivity index (χ0) is 53.9. The number of hydrogen-bond donors (Lipinski definition) is 0. The Morgan fingerprint density at radius 2 is 0.547 bits per heavy atom. The van der Waals surface area contributed by atoms with Gasteiger partial charge >= 0.3 is 169 Å². The first-order valence-corrected chi connectivity index (χ1v) is 35.8. The van der Waals surface area contributed by atoms with Crippen molar-refractivity contribution >= 4 is 11.4 Å². The molecule has 2 aromatic carbocycles. The van der Waals surface area contributed by atoms with Crippen LogP contribution in [0, 0.1) is 0 Å². The van der Waals surface area contributed by atoms with E-state index in [0.29, 0.717) is 0 Å². The average Bonchev–Trinajstić information content (AvgIpc) is 3.71. The van der Waals surface area contributed by atoms with Crippen molar-refractivity contribution in [3.63, 3.8) is 0 Å². The predicted octanol–water partition coefficient (Wildman–Crippen LogP) is 25.9. The van der Waals surface area contributed by atoms with Crippen LogP contribution in [0.15, 0.2) is 59.7 Å². The van der Waals surface area contributed by atoms with Crippen LogP contribution in [0.5, 0.6) is 0 Å². The minimum Gasteiger partial charge on any atom is -0.0654 e. The van der Waals surface area contributed by atoms with Crippen LogP contribution in [0.4, 0.5) is 0 Å². The van der Waals surface area contributed by atoms with Gasteiger partial charge in [0.05, 0.1) is 0 Å². The summed E-state index contributed by atoms with van der Waals surface area (Å²) >= 11 is 1.06. The van der Waals surface area contributed by atoms with E-state index >= 15 is 0 Å². The summed E-state index contributed by atoms with van der Waals surface area (Å²) in [5.74, 6) is 0. The van der Waals surface area contributed by atoms with E-state index in [1.807, 2.05) is 0 Å². The van der Waals surface area contributed by atoms with Crippen LogP contribution in [-0.2, 0) is 30.8 Å². The molecule has 2 aromatic rings. The molecule has 1 aliphatic heterocycles. The molecule has 75 heavy (non-hydrogen) atoms. The van der Waals surface area contributed by atoms with E-state index < -0.39 is 0 Å². The molecule has 434 valence electrons. The molecule has 0 amide bonds. The monoisotopic (exact) mass is 1120 g/mol. The first-order chi connectivity index (χ1) is 37.1. The van der Waals surface area contributed by atoms with Gasteiger partial charge in [0, 0.05) is 22.3 Å². The van der Waals surface area contributed by atoms with Crippen molar-refractivity contribution < 1.29 is 22.7 Å². The van der Waals surface area contributed by atoms with Crippen molar-refractivity contribution in [1.29, 1.82) is 0 Å². The van der Waals surface area contributed by atoms with Gasteiger partial charge in [-0.25, -0.2) is 4.70 Å². The Labute approximate surface area is 478 Å². The molecule has 0 saturated heterocycles. The Morgan fingerprint density at radius 1 is 0.293 bits per heavy atom. The molecule has 0 unspecified atom stereocenters. The summed E-state index contributed by atoms with van der Waals surface area (Å²) in [7, 11) is 0. The number of unbranched alkanes of at least 4 members (excludes halogenated alkanes) is 38. The number of allylic oxidation sites excluding steroid dienone is 2. The van der Waals surface area contributed by atoms with Gasteiger partial charge in [-0.2, -0.15) is 0 Å². The van der Waals surface area contributed by atoms with Crippen molar-refractivity contribution in [1.82, 2.24) is 0 Å². The van der Waals surface area contributed by atoms with Crippen molar-refractivity contribution in [3.05, 3.63) is 87.5 Å². The molecule has 0 bridgehead atoms. The molecule has 3 rings (SSSR count). The van der Waals surface area contributed by atoms with Crippen molar-refractivity contribution in [2.45, 2.75) is 360 Å². The van der Waals surface area contributed by atoms with Crippen molar-refractivity contribution in [3.8, 4) is 0 Å². The van der Waals surface area contributed by atoms with Gasteiger partial charge in [0.15, 0.2) is 0 Å². The Balaban J connectivity index is 0.000000514. The molecule has 0 aliphatic carbocycles. The van der Waals surface area contributed by atoms with Gasteiger partial charge in [-0.05, 0) is 86.8 Å². The summed E-state index contributed by atoms with van der Waals surface area (Å²) in [6.07, 6.45) is 66.5. The van der Waals surface area contributed by atoms with Gasteiger partial charge < -0.3 is 5.53 Å². The van der Waals surface area contributed by atoms with E-state index in [1.54, 1.807) is 14.5 Å². The fourth-order valence-corrected chi connectivity index (χ4v) is 13.2. The summed E-state index contributed by atoms with van der Waals surface area (Å²) in [5, 5.41) is 0. The molecule has 2 nitrogen and oxygen atoms in total. The van der Waals surface area contributed by atoms with Crippen LogP contribution in [0.3, 0.4) is 0 Å². The molecule has 1 aliphatic rings. The standard InChI is InChI=1S/C36H52N2.2C18H37.Pd/c1-5-9-13-16-26-34-33(25-12-8-4)35(31-23-17-21-29(27-31)19-14-10-6-2)38(37)36(34)32-24-18-22-30(28-32)20-15-11-7-3;2*1-3-5-7-9-11-13-15-17-18-16-14-12-10-8-6-4-2;/h17-18,21-24,27-28H,5-16,19-20,25-26H2,1-4H3;2*1,3-18H2,2H3;. The molecule has 3 heteroatoms. The quantitative estimate of drug-likeness (QED) is 0.0358. The number of aryl methyl sites for hydroxylation is 2. The Hall–Kier alpha value is -1.82. The second-order valence-corrected chi connectivity index (χ2v) is 25.6. The number of hydrogen-bond acceptors (Lipinski definition) is 0. The fourth-order valence-electron chi connectivity index (χ4n) is 11.3. The van der Waals surface area contributed by atoms with Gasteiger partial charge in [-0.3, -0.25) is 0 Å². The summed E-state index contributed by atoms with van der Waals surface area (Å²) < 4.78 is 1.57. The predicted molar refractivity (Wildman–Crippen MR) is 334 cm³/mol. The van der Waals surface area contributed by atoms with Crippen LogP contribution < -0.4 is 0 Å². The van der Waals surface area contributed by atoms with E-state index in [1.165, 1.54) is 292 Å². The number of rotatable bonds is 52. The zero-order valence-electron chi connectivity index (χ0n) is 51.2. The third-order valence-electron chi connectivity index (χ3n) is 16.1. The first kappa shape index (κ1) is 69.3. The van der Waals surface area contributed by atoms with Gasteiger partial charge in [-0.15, -0.1) is 0 Å². The zero-order valence-corrected chi connectivity index (χ0v) is 52.7. The number of benzene rings is 2. The second kappa shape index (κ2) is 51.6. The van der Waals surface area contributed by atoms with Gasteiger partial charge in [-0.1, -0.05) is 181 Å². The van der Waals surface area contributed by atoms with Crippen LogP contribution in [0.1, 0.15) is 359 Å². The minimum absolute atomic E-state index is 1.02. The molecule has 0 radical (unpaired) electrons. The SMILES string of the molecule is CCCCCCC1=C(c2cccc(CCCCC)c2)[N+](=[N-])C(c2cccc(CCCCC)c2)=C1CCCC.CCCCCCCCCCCCCCCCC[CH2][Pd][CH2]CCCCCCCCCCCCCCCCC. The summed E-state index contributed by atoms with van der Waals surface area (Å²) in [4.78, 5) is 3.09. The average molecular weight is 1130 g/mol. The maximum absolute atomic E-state index is 11.9. The van der Waals surface area contributed by atoms with Gasteiger partial charge in [0.2, 0.25) is 11.4 Å². The molecule has 0 fully saturated rings. The van der Waals surface area contributed by atoms with Crippen LogP contribution in [0.25, 0.3) is 16.9 Å². The Morgan fingerprint density at radius 3 is 0.867 bits per heavy atom. The van der Waals surface area contributed by atoms with E-state index in [0.717, 1.165) is 79.0 Å². The summed E-state index contributed by atoms with van der Waals surface area (Å²) in [6.45, 7) is 13.7. The van der Waals surface area contributed by atoms with E-state index in [-0.39, 0.29) is 0 Å². The molecule has 1 heterocycles. The smallest absolute Gasteiger partial charge is 0.0654 e. The Kier molecular flexibility index (Phi) is 47.7. The Bertz CT molecular complexity index is 1630. The second-order valence-electron chi connectivity index (χ2n) is 23.3. The van der Waals surface area contributed by atoms with Crippen molar-refractivity contribution in [2.75, 3.05) is 0 Å². The van der Waals surface area contributed by atoms with E-state index in [2.05, 4.69) is 90.1 Å². The summed E-state index contributed by atoms with van der Waals surface area (Å²) in [5.41, 5.74) is 21.8. The van der Waals surface area contributed by atoms with Gasteiger partial charge in [0.1, 0.15) is 0 Å². The third-order valence-corrected chi connectivity index (χ3v) is 18.3. The molecule has 0 atom stereocenters.